The Morgan fingerprint density at radius 2 is 2.00 bits per heavy atom. The minimum atomic E-state index is -0.617. The van der Waals surface area contributed by atoms with Gasteiger partial charge >= 0.3 is 0 Å². The highest BCUT2D eigenvalue weighted by Gasteiger charge is 2.44. The normalized spacial score (nSPS) is 16.0. The third-order valence-corrected chi connectivity index (χ3v) is 4.62. The van der Waals surface area contributed by atoms with E-state index in [2.05, 4.69) is 15.0 Å². The number of pyridine rings is 1. The van der Waals surface area contributed by atoms with Crippen molar-refractivity contribution < 1.29 is 9.90 Å². The highest BCUT2D eigenvalue weighted by atomic mass is 16.3. The minimum Gasteiger partial charge on any atom is -0.395 e. The van der Waals surface area contributed by atoms with E-state index in [0.717, 1.165) is 33.7 Å². The van der Waals surface area contributed by atoms with E-state index in [1.807, 2.05) is 38.1 Å². The van der Waals surface area contributed by atoms with E-state index in [0.29, 0.717) is 6.54 Å². The third-order valence-electron chi connectivity index (χ3n) is 4.62. The Hall–Kier alpha value is -2.73. The van der Waals surface area contributed by atoms with Crippen LogP contribution in [0, 0.1) is 0 Å². The summed E-state index contributed by atoms with van der Waals surface area (Å²) in [6.07, 6.45) is 3.46. The lowest BCUT2D eigenvalue weighted by molar-refractivity contribution is -0.122. The largest absolute Gasteiger partial charge is 0.395 e. The van der Waals surface area contributed by atoms with Gasteiger partial charge in [0.25, 0.3) is 0 Å². The SMILES string of the molecule is CC1(C)C(=O)N(CCO)c2cc3[nH]c(-c4ccncc4)nc3cc21. The smallest absolute Gasteiger partial charge is 0.237 e. The number of aromatic amines is 1. The molecule has 122 valence electrons. The monoisotopic (exact) mass is 322 g/mol. The minimum absolute atomic E-state index is 0.00793. The van der Waals surface area contributed by atoms with Gasteiger partial charge in [0.1, 0.15) is 5.82 Å². The number of benzene rings is 1. The number of nitrogens with zero attached hydrogens (tertiary/aromatic N) is 3. The molecule has 0 saturated carbocycles. The summed E-state index contributed by atoms with van der Waals surface area (Å²) in [5.41, 5.74) is 3.83. The summed E-state index contributed by atoms with van der Waals surface area (Å²) in [5.74, 6) is 0.780. The quantitative estimate of drug-likeness (QED) is 0.775. The van der Waals surface area contributed by atoms with Crippen LogP contribution in [-0.2, 0) is 10.2 Å². The van der Waals surface area contributed by atoms with Crippen molar-refractivity contribution in [3.05, 3.63) is 42.2 Å². The summed E-state index contributed by atoms with van der Waals surface area (Å²) in [6, 6.07) is 7.72. The average molecular weight is 322 g/mol. The number of aliphatic hydroxyl groups is 1. The van der Waals surface area contributed by atoms with Crippen LogP contribution in [0.4, 0.5) is 5.69 Å². The summed E-state index contributed by atoms with van der Waals surface area (Å²) < 4.78 is 0. The van der Waals surface area contributed by atoms with E-state index in [-0.39, 0.29) is 12.5 Å². The van der Waals surface area contributed by atoms with Crippen molar-refractivity contribution in [1.82, 2.24) is 15.0 Å². The number of hydrogen-bond acceptors (Lipinski definition) is 4. The fourth-order valence-electron chi connectivity index (χ4n) is 3.30. The third kappa shape index (κ3) is 2.03. The number of aliphatic hydroxyl groups excluding tert-OH is 1. The van der Waals surface area contributed by atoms with Crippen LogP contribution in [-0.4, -0.2) is 39.1 Å². The number of rotatable bonds is 3. The summed E-state index contributed by atoms with van der Waals surface area (Å²) in [7, 11) is 0. The number of amides is 1. The van der Waals surface area contributed by atoms with E-state index in [9.17, 15) is 9.90 Å². The number of β-amino-alcohol motifs (C(OH)–C–C–N with tert-alkyl or cyclic N) is 1. The molecule has 0 saturated heterocycles. The predicted octanol–water partition coefficient (Wildman–Crippen LogP) is 2.24. The number of anilines is 1. The van der Waals surface area contributed by atoms with Gasteiger partial charge in [-0.25, -0.2) is 4.98 Å². The maximum absolute atomic E-state index is 12.6. The Morgan fingerprint density at radius 3 is 2.71 bits per heavy atom. The number of imidazole rings is 1. The molecule has 4 rings (SSSR count). The standard InChI is InChI=1S/C18H18N4O2/c1-18(2)12-9-13-14(10-15(12)22(7-8-23)17(18)24)21-16(20-13)11-3-5-19-6-4-11/h3-6,9-10,23H,7-8H2,1-2H3,(H,20,21). The van der Waals surface area contributed by atoms with Crippen LogP contribution >= 0.6 is 0 Å². The number of carbonyl (C=O) groups is 1. The molecule has 0 unspecified atom stereocenters. The van der Waals surface area contributed by atoms with Gasteiger partial charge in [-0.1, -0.05) is 0 Å². The Bertz CT molecular complexity index is 931. The molecule has 0 atom stereocenters. The van der Waals surface area contributed by atoms with E-state index in [4.69, 9.17) is 0 Å². The fraction of sp³-hybridized carbons (Fsp3) is 0.278. The Morgan fingerprint density at radius 1 is 1.25 bits per heavy atom. The van der Waals surface area contributed by atoms with E-state index in [1.54, 1.807) is 17.3 Å². The second kappa shape index (κ2) is 5.14. The van der Waals surface area contributed by atoms with Gasteiger partial charge in [-0.3, -0.25) is 9.78 Å². The Kier molecular flexibility index (Phi) is 3.18. The molecule has 0 spiro atoms. The van der Waals surface area contributed by atoms with Crippen LogP contribution in [0.3, 0.4) is 0 Å². The zero-order chi connectivity index (χ0) is 16.9. The van der Waals surface area contributed by atoms with Gasteiger partial charge in [0.2, 0.25) is 5.91 Å². The van der Waals surface area contributed by atoms with E-state index >= 15 is 0 Å². The number of aromatic nitrogens is 3. The van der Waals surface area contributed by atoms with Gasteiger partial charge in [0, 0.05) is 24.5 Å². The van der Waals surface area contributed by atoms with Crippen molar-refractivity contribution in [2.45, 2.75) is 19.3 Å². The number of carbonyl (C=O) groups excluding carboxylic acids is 1. The number of hydrogen-bond donors (Lipinski definition) is 2. The van der Waals surface area contributed by atoms with Gasteiger partial charge in [0.05, 0.1) is 28.7 Å². The van der Waals surface area contributed by atoms with Crippen LogP contribution in [0.2, 0.25) is 0 Å². The first kappa shape index (κ1) is 14.8. The molecule has 0 fully saturated rings. The second-order valence-corrected chi connectivity index (χ2v) is 6.51. The van der Waals surface area contributed by atoms with Crippen molar-refractivity contribution in [3.63, 3.8) is 0 Å². The molecule has 24 heavy (non-hydrogen) atoms. The van der Waals surface area contributed by atoms with Gasteiger partial charge < -0.3 is 15.0 Å². The first-order chi connectivity index (χ1) is 11.5. The number of fused-ring (bicyclic) bond motifs is 2. The molecule has 6 heteroatoms. The molecule has 1 aliphatic rings. The van der Waals surface area contributed by atoms with E-state index in [1.165, 1.54) is 0 Å². The van der Waals surface area contributed by atoms with Crippen molar-refractivity contribution in [3.8, 4) is 11.4 Å². The molecule has 1 aliphatic heterocycles. The van der Waals surface area contributed by atoms with Crippen LogP contribution in [0.1, 0.15) is 19.4 Å². The molecule has 0 aliphatic carbocycles. The molecule has 6 nitrogen and oxygen atoms in total. The molecule has 1 aromatic carbocycles. The molecular weight excluding hydrogens is 304 g/mol. The maximum atomic E-state index is 12.6. The molecule has 2 N–H and O–H groups in total. The Labute approximate surface area is 139 Å². The van der Waals surface area contributed by atoms with Crippen molar-refractivity contribution in [2.75, 3.05) is 18.1 Å². The second-order valence-electron chi connectivity index (χ2n) is 6.51. The first-order valence-electron chi connectivity index (χ1n) is 7.90. The predicted molar refractivity (Wildman–Crippen MR) is 91.8 cm³/mol. The first-order valence-corrected chi connectivity index (χ1v) is 7.90. The lowest BCUT2D eigenvalue weighted by atomic mass is 9.86. The average Bonchev–Trinajstić information content (AvgIpc) is 3.08. The van der Waals surface area contributed by atoms with Gasteiger partial charge in [-0.05, 0) is 43.7 Å². The topological polar surface area (TPSA) is 82.1 Å². The molecule has 2 aromatic heterocycles. The summed E-state index contributed by atoms with van der Waals surface area (Å²) in [6.45, 7) is 4.05. The maximum Gasteiger partial charge on any atom is 0.237 e. The van der Waals surface area contributed by atoms with Crippen molar-refractivity contribution >= 4 is 22.6 Å². The van der Waals surface area contributed by atoms with Gasteiger partial charge in [-0.2, -0.15) is 0 Å². The van der Waals surface area contributed by atoms with Crippen LogP contribution in [0.5, 0.6) is 0 Å². The Balaban J connectivity index is 1.89. The summed E-state index contributed by atoms with van der Waals surface area (Å²) in [5, 5.41) is 9.29. The lowest BCUT2D eigenvalue weighted by Gasteiger charge is -2.19. The lowest BCUT2D eigenvalue weighted by Crippen LogP contribution is -2.37. The van der Waals surface area contributed by atoms with Crippen molar-refractivity contribution in [1.29, 1.82) is 0 Å². The molecular formula is C18H18N4O2. The van der Waals surface area contributed by atoms with Gasteiger partial charge in [0.15, 0.2) is 0 Å². The van der Waals surface area contributed by atoms with Crippen LogP contribution in [0.25, 0.3) is 22.4 Å². The molecule has 1 amide bonds. The van der Waals surface area contributed by atoms with Crippen LogP contribution in [0.15, 0.2) is 36.7 Å². The van der Waals surface area contributed by atoms with Gasteiger partial charge in [-0.15, -0.1) is 0 Å². The molecule has 3 aromatic rings. The zero-order valence-electron chi connectivity index (χ0n) is 13.6. The molecule has 3 heterocycles. The highest BCUT2D eigenvalue weighted by molar-refractivity contribution is 6.09. The van der Waals surface area contributed by atoms with E-state index < -0.39 is 5.41 Å². The summed E-state index contributed by atoms with van der Waals surface area (Å²) in [4.78, 5) is 26.3. The number of H-pyrrole nitrogens is 1. The van der Waals surface area contributed by atoms with Crippen LogP contribution < -0.4 is 4.90 Å². The molecule has 0 radical (unpaired) electrons. The van der Waals surface area contributed by atoms with Crippen molar-refractivity contribution in [2.24, 2.45) is 0 Å². The highest BCUT2D eigenvalue weighted by Crippen LogP contribution is 2.43. The number of nitrogens with one attached hydrogen (secondary N) is 1. The fourth-order valence-corrected chi connectivity index (χ4v) is 3.30. The zero-order valence-corrected chi connectivity index (χ0v) is 13.6. The summed E-state index contributed by atoms with van der Waals surface area (Å²) >= 11 is 0. The molecule has 0 bridgehead atoms.